The average molecular weight is 504 g/mol. The highest BCUT2D eigenvalue weighted by Gasteiger charge is 2.40. The number of benzene rings is 1. The maximum Gasteiger partial charge on any atom is 0.251 e. The zero-order chi connectivity index (χ0) is 25.9. The molecule has 0 bridgehead atoms. The van der Waals surface area contributed by atoms with E-state index in [-0.39, 0.29) is 75.2 Å². The quantitative estimate of drug-likeness (QED) is 0.472. The van der Waals surface area contributed by atoms with Crippen LogP contribution in [0.25, 0.3) is 0 Å². The minimum atomic E-state index is -0.634. The van der Waals surface area contributed by atoms with Crippen LogP contribution in [0.4, 0.5) is 0 Å². The molecule has 0 unspecified atom stereocenters. The number of carbonyl (C=O) groups excluding carboxylic acids is 4. The first-order chi connectivity index (χ1) is 17.3. The van der Waals surface area contributed by atoms with Crippen molar-refractivity contribution in [3.8, 4) is 0 Å². The third kappa shape index (κ3) is 8.28. The summed E-state index contributed by atoms with van der Waals surface area (Å²) in [6.07, 6.45) is 0.487. The van der Waals surface area contributed by atoms with E-state index in [2.05, 4.69) is 16.0 Å². The summed E-state index contributed by atoms with van der Waals surface area (Å²) in [7, 11) is 0. The topological polar surface area (TPSA) is 129 Å². The lowest BCUT2D eigenvalue weighted by Gasteiger charge is -2.28. The Balaban J connectivity index is 1.69. The molecule has 1 aromatic carbocycles. The first-order valence-corrected chi connectivity index (χ1v) is 12.4. The summed E-state index contributed by atoms with van der Waals surface area (Å²) >= 11 is 0. The largest absolute Gasteiger partial charge is 0.377 e. The van der Waals surface area contributed by atoms with Crippen molar-refractivity contribution in [3.05, 3.63) is 35.9 Å². The third-order valence-electron chi connectivity index (χ3n) is 6.02. The van der Waals surface area contributed by atoms with Gasteiger partial charge in [-0.05, 0) is 18.6 Å². The molecule has 2 saturated heterocycles. The van der Waals surface area contributed by atoms with E-state index >= 15 is 0 Å². The van der Waals surface area contributed by atoms with Gasteiger partial charge < -0.3 is 35.2 Å². The van der Waals surface area contributed by atoms with Crippen molar-refractivity contribution in [2.45, 2.75) is 38.4 Å². The average Bonchev–Trinajstić information content (AvgIpc) is 3.28. The first-order valence-electron chi connectivity index (χ1n) is 12.4. The molecule has 198 valence electrons. The van der Waals surface area contributed by atoms with Crippen molar-refractivity contribution < 1.29 is 28.7 Å². The van der Waals surface area contributed by atoms with Crippen LogP contribution >= 0.6 is 0 Å². The number of amides is 4. The Hall–Kier alpha value is -3.02. The highest BCUT2D eigenvalue weighted by Crippen LogP contribution is 2.19. The molecule has 36 heavy (non-hydrogen) atoms. The lowest BCUT2D eigenvalue weighted by molar-refractivity contribution is -0.145. The van der Waals surface area contributed by atoms with E-state index in [0.29, 0.717) is 31.7 Å². The zero-order valence-corrected chi connectivity index (χ0v) is 21.0. The molecule has 0 radical (unpaired) electrons. The van der Waals surface area contributed by atoms with Crippen molar-refractivity contribution in [1.82, 2.24) is 25.8 Å². The van der Waals surface area contributed by atoms with Crippen LogP contribution in [0, 0.1) is 0 Å². The molecule has 2 fully saturated rings. The molecular formula is C25H37N5O6. The fourth-order valence-corrected chi connectivity index (χ4v) is 4.33. The normalized spacial score (nSPS) is 22.6. The first kappa shape index (κ1) is 27.6. The molecule has 2 aliphatic heterocycles. The molecule has 11 nitrogen and oxygen atoms in total. The molecule has 3 N–H and O–H groups in total. The van der Waals surface area contributed by atoms with Gasteiger partial charge in [-0.2, -0.15) is 0 Å². The van der Waals surface area contributed by atoms with Gasteiger partial charge in [0.15, 0.2) is 0 Å². The Bertz CT molecular complexity index is 896. The van der Waals surface area contributed by atoms with Gasteiger partial charge in [0.25, 0.3) is 5.91 Å². The predicted octanol–water partition coefficient (Wildman–Crippen LogP) is -0.624. The standard InChI is InChI=1S/C25H37N5O6/c1-18(2)28-20-14-21-25(34)27-9-11-35-12-13-36-17-23(32)29(16-22(31)30(21)15-20)10-8-26-24(33)19-6-4-3-5-7-19/h3-7,18,20-21,28H,8-17H2,1-2H3,(H,26,33)(H,27,34)/t20-,21-/m0/s1. The molecule has 3 rings (SSSR count). The summed E-state index contributed by atoms with van der Waals surface area (Å²) in [5, 5.41) is 9.03. The van der Waals surface area contributed by atoms with Crippen LogP contribution in [0.1, 0.15) is 30.6 Å². The molecule has 2 aliphatic rings. The molecule has 1 aromatic rings. The lowest BCUT2D eigenvalue weighted by atomic mass is 10.1. The molecular weight excluding hydrogens is 466 g/mol. The monoisotopic (exact) mass is 503 g/mol. The Labute approximate surface area is 211 Å². The third-order valence-corrected chi connectivity index (χ3v) is 6.02. The van der Waals surface area contributed by atoms with Crippen molar-refractivity contribution >= 4 is 23.6 Å². The van der Waals surface area contributed by atoms with Gasteiger partial charge in [-0.25, -0.2) is 0 Å². The molecule has 0 spiro atoms. The summed E-state index contributed by atoms with van der Waals surface area (Å²) in [6.45, 7) is 5.40. The van der Waals surface area contributed by atoms with Crippen LogP contribution in [-0.2, 0) is 23.9 Å². The van der Waals surface area contributed by atoms with E-state index < -0.39 is 6.04 Å². The highest BCUT2D eigenvalue weighted by molar-refractivity contribution is 5.94. The predicted molar refractivity (Wildman–Crippen MR) is 132 cm³/mol. The van der Waals surface area contributed by atoms with Crippen LogP contribution in [0.5, 0.6) is 0 Å². The second-order valence-electron chi connectivity index (χ2n) is 9.21. The van der Waals surface area contributed by atoms with Crippen molar-refractivity contribution in [3.63, 3.8) is 0 Å². The summed E-state index contributed by atoms with van der Waals surface area (Å²) in [5.41, 5.74) is 0.509. The number of hydrogen-bond donors (Lipinski definition) is 3. The minimum absolute atomic E-state index is 0.0301. The van der Waals surface area contributed by atoms with Crippen LogP contribution < -0.4 is 16.0 Å². The second-order valence-corrected chi connectivity index (χ2v) is 9.21. The molecule has 0 aromatic heterocycles. The van der Waals surface area contributed by atoms with Crippen molar-refractivity contribution in [2.24, 2.45) is 0 Å². The molecule has 2 heterocycles. The number of nitrogens with zero attached hydrogens (tertiary/aromatic N) is 2. The maximum absolute atomic E-state index is 13.4. The van der Waals surface area contributed by atoms with E-state index in [9.17, 15) is 19.2 Å². The van der Waals surface area contributed by atoms with Gasteiger partial charge in [0.2, 0.25) is 17.7 Å². The summed E-state index contributed by atoms with van der Waals surface area (Å²) in [5.74, 6) is -1.19. The molecule has 0 aliphatic carbocycles. The SMILES string of the molecule is CC(C)N[C@H]1C[C@H]2C(=O)NCCOCCOCC(=O)N(CCNC(=O)c3ccccc3)CC(=O)N2C1. The van der Waals surface area contributed by atoms with Gasteiger partial charge in [-0.15, -0.1) is 0 Å². The van der Waals surface area contributed by atoms with Gasteiger partial charge in [0.05, 0.1) is 26.4 Å². The second kappa shape index (κ2) is 13.9. The number of hydrogen-bond acceptors (Lipinski definition) is 7. The Morgan fingerprint density at radius 2 is 1.83 bits per heavy atom. The van der Waals surface area contributed by atoms with E-state index in [1.54, 1.807) is 29.2 Å². The van der Waals surface area contributed by atoms with Crippen LogP contribution in [0.2, 0.25) is 0 Å². The number of rotatable bonds is 6. The smallest absolute Gasteiger partial charge is 0.251 e. The Morgan fingerprint density at radius 1 is 1.08 bits per heavy atom. The summed E-state index contributed by atoms with van der Waals surface area (Å²) in [4.78, 5) is 54.4. The van der Waals surface area contributed by atoms with Crippen LogP contribution in [0.15, 0.2) is 30.3 Å². The fourth-order valence-electron chi connectivity index (χ4n) is 4.33. The minimum Gasteiger partial charge on any atom is -0.377 e. The van der Waals surface area contributed by atoms with Crippen LogP contribution in [0.3, 0.4) is 0 Å². The number of fused-ring (bicyclic) bond motifs is 1. The summed E-state index contributed by atoms with van der Waals surface area (Å²) < 4.78 is 10.9. The number of nitrogens with one attached hydrogen (secondary N) is 3. The zero-order valence-electron chi connectivity index (χ0n) is 21.0. The molecule has 2 atom stereocenters. The Morgan fingerprint density at radius 3 is 2.58 bits per heavy atom. The maximum atomic E-state index is 13.4. The van der Waals surface area contributed by atoms with E-state index in [1.807, 2.05) is 19.9 Å². The van der Waals surface area contributed by atoms with E-state index in [4.69, 9.17) is 9.47 Å². The molecule has 0 saturated carbocycles. The lowest BCUT2D eigenvalue weighted by Crippen LogP contribution is -2.51. The highest BCUT2D eigenvalue weighted by atomic mass is 16.5. The molecule has 11 heteroatoms. The van der Waals surface area contributed by atoms with Gasteiger partial charge in [-0.1, -0.05) is 32.0 Å². The fraction of sp³-hybridized carbons (Fsp3) is 0.600. The van der Waals surface area contributed by atoms with Crippen LogP contribution in [-0.4, -0.2) is 111 Å². The van der Waals surface area contributed by atoms with E-state index in [1.165, 1.54) is 4.90 Å². The van der Waals surface area contributed by atoms with Gasteiger partial charge in [-0.3, -0.25) is 19.2 Å². The molecule has 4 amide bonds. The number of carbonyl (C=O) groups is 4. The summed E-state index contributed by atoms with van der Waals surface area (Å²) in [6, 6.07) is 8.29. The van der Waals surface area contributed by atoms with Gasteiger partial charge in [0, 0.05) is 43.8 Å². The Kier molecular flexibility index (Phi) is 10.6. The van der Waals surface area contributed by atoms with Gasteiger partial charge in [0.1, 0.15) is 12.6 Å². The van der Waals surface area contributed by atoms with E-state index in [0.717, 1.165) is 0 Å². The number of ether oxygens (including phenoxy) is 2. The van der Waals surface area contributed by atoms with Crippen molar-refractivity contribution in [2.75, 3.05) is 59.2 Å². The van der Waals surface area contributed by atoms with Crippen molar-refractivity contribution in [1.29, 1.82) is 0 Å². The van der Waals surface area contributed by atoms with Gasteiger partial charge >= 0.3 is 0 Å².